The van der Waals surface area contributed by atoms with Crippen LogP contribution in [0, 0.1) is 3.95 Å². The summed E-state index contributed by atoms with van der Waals surface area (Å²) in [7, 11) is 2.20. The first-order valence-electron chi connectivity index (χ1n) is 9.24. The van der Waals surface area contributed by atoms with Gasteiger partial charge in [0.1, 0.15) is 6.54 Å². The van der Waals surface area contributed by atoms with Crippen LogP contribution < -0.4 is 15.1 Å². The van der Waals surface area contributed by atoms with Gasteiger partial charge in [0.25, 0.3) is 0 Å². The smallest absolute Gasteiger partial charge is 0.205 e. The molecular formula is C19H28N5S2+. The Hall–Kier alpha value is -1.70. The standard InChI is InChI=1S/C19H27N5S2/c1-3-11-20-18-21-24(19(25)26-18)15-22(2)14-16-9-5-6-10-17(16)23-12-7-4-8-13-23/h3,5-6,9-10H,1,4,7-8,11-15H2,2H3,(H,20,21)/p+1. The summed E-state index contributed by atoms with van der Waals surface area (Å²) in [6.45, 7) is 8.49. The van der Waals surface area contributed by atoms with Gasteiger partial charge < -0.3 is 15.1 Å². The van der Waals surface area contributed by atoms with Gasteiger partial charge in [0.05, 0.1) is 7.05 Å². The lowest BCUT2D eigenvalue weighted by molar-refractivity contribution is -0.917. The van der Waals surface area contributed by atoms with Gasteiger partial charge in [0, 0.05) is 30.9 Å². The summed E-state index contributed by atoms with van der Waals surface area (Å²) in [5, 5.41) is 8.66. The van der Waals surface area contributed by atoms with Crippen LogP contribution in [0.5, 0.6) is 0 Å². The first kappa shape index (κ1) is 19.1. The number of aromatic nitrogens is 2. The molecule has 140 valence electrons. The third kappa shape index (κ3) is 4.93. The van der Waals surface area contributed by atoms with Crippen LogP contribution in [-0.4, -0.2) is 36.5 Å². The van der Waals surface area contributed by atoms with Crippen molar-refractivity contribution in [3.63, 3.8) is 0 Å². The van der Waals surface area contributed by atoms with Gasteiger partial charge in [-0.25, -0.2) is 0 Å². The van der Waals surface area contributed by atoms with E-state index in [1.54, 1.807) is 0 Å². The highest BCUT2D eigenvalue weighted by Gasteiger charge is 2.17. The Morgan fingerprint density at radius 3 is 2.85 bits per heavy atom. The van der Waals surface area contributed by atoms with Crippen LogP contribution in [0.25, 0.3) is 0 Å². The number of benzene rings is 1. The SMILES string of the molecule is C=CCNc1nn(C[NH+](C)Cc2ccccc2N2CCCCC2)c(=S)s1. The zero-order valence-electron chi connectivity index (χ0n) is 15.4. The maximum atomic E-state index is 5.47. The molecule has 3 rings (SSSR count). The summed E-state index contributed by atoms with van der Waals surface area (Å²) < 4.78 is 2.73. The van der Waals surface area contributed by atoms with Crippen molar-refractivity contribution in [2.45, 2.75) is 32.5 Å². The molecule has 2 aromatic rings. The molecule has 1 fully saturated rings. The van der Waals surface area contributed by atoms with Crippen LogP contribution in [-0.2, 0) is 13.2 Å². The molecule has 1 unspecified atom stereocenters. The average Bonchev–Trinajstić information content (AvgIpc) is 3.00. The molecule has 1 aromatic carbocycles. The number of para-hydroxylation sites is 1. The molecule has 26 heavy (non-hydrogen) atoms. The second kappa shape index (κ2) is 9.30. The molecule has 1 aliphatic heterocycles. The van der Waals surface area contributed by atoms with Gasteiger partial charge in [0.2, 0.25) is 5.13 Å². The van der Waals surface area contributed by atoms with Gasteiger partial charge in [-0.1, -0.05) is 35.6 Å². The van der Waals surface area contributed by atoms with E-state index in [9.17, 15) is 0 Å². The Balaban J connectivity index is 1.67. The molecule has 0 amide bonds. The van der Waals surface area contributed by atoms with Crippen molar-refractivity contribution in [2.75, 3.05) is 36.9 Å². The number of anilines is 2. The van der Waals surface area contributed by atoms with Crippen molar-refractivity contribution in [2.24, 2.45) is 0 Å². The zero-order valence-corrected chi connectivity index (χ0v) is 17.0. The number of nitrogens with zero attached hydrogens (tertiary/aromatic N) is 3. The maximum Gasteiger partial charge on any atom is 0.205 e. The Bertz CT molecular complexity index is 776. The topological polar surface area (TPSA) is 37.5 Å². The van der Waals surface area contributed by atoms with Crippen molar-refractivity contribution in [3.05, 3.63) is 46.4 Å². The molecule has 0 spiro atoms. The van der Waals surface area contributed by atoms with E-state index in [-0.39, 0.29) is 0 Å². The lowest BCUT2D eigenvalue weighted by Gasteiger charge is -2.31. The minimum atomic E-state index is 0.703. The van der Waals surface area contributed by atoms with E-state index in [0.29, 0.717) is 6.54 Å². The van der Waals surface area contributed by atoms with E-state index in [1.807, 2.05) is 10.8 Å². The van der Waals surface area contributed by atoms with E-state index < -0.39 is 0 Å². The molecule has 2 N–H and O–H groups in total. The predicted octanol–water partition coefficient (Wildman–Crippen LogP) is 2.93. The van der Waals surface area contributed by atoms with Crippen molar-refractivity contribution >= 4 is 34.4 Å². The van der Waals surface area contributed by atoms with Crippen molar-refractivity contribution in [1.29, 1.82) is 0 Å². The highest BCUT2D eigenvalue weighted by molar-refractivity contribution is 7.73. The van der Waals surface area contributed by atoms with E-state index >= 15 is 0 Å². The largest absolute Gasteiger partial charge is 0.371 e. The minimum Gasteiger partial charge on any atom is -0.371 e. The predicted molar refractivity (Wildman–Crippen MR) is 113 cm³/mol. The average molecular weight is 391 g/mol. The number of quaternary nitrogens is 1. The van der Waals surface area contributed by atoms with Crippen LogP contribution in [0.2, 0.25) is 0 Å². The molecule has 1 aliphatic rings. The molecule has 5 nitrogen and oxygen atoms in total. The third-order valence-corrected chi connectivity index (χ3v) is 5.87. The highest BCUT2D eigenvalue weighted by atomic mass is 32.1. The molecule has 0 bridgehead atoms. The second-order valence-electron chi connectivity index (χ2n) is 6.81. The third-order valence-electron chi connectivity index (χ3n) is 4.60. The van der Waals surface area contributed by atoms with Gasteiger partial charge in [-0.15, -0.1) is 11.7 Å². The van der Waals surface area contributed by atoms with E-state index in [2.05, 4.69) is 53.2 Å². The fourth-order valence-corrected chi connectivity index (χ4v) is 4.39. The fraction of sp³-hybridized carbons (Fsp3) is 0.474. The summed E-state index contributed by atoms with van der Waals surface area (Å²) in [4.78, 5) is 3.91. The Morgan fingerprint density at radius 2 is 2.08 bits per heavy atom. The molecule has 2 heterocycles. The molecule has 1 aromatic heterocycles. The first-order valence-corrected chi connectivity index (χ1v) is 10.5. The summed E-state index contributed by atoms with van der Waals surface area (Å²) in [5.41, 5.74) is 2.79. The summed E-state index contributed by atoms with van der Waals surface area (Å²) in [6.07, 6.45) is 5.77. The Labute approximate surface area is 164 Å². The number of piperidine rings is 1. The van der Waals surface area contributed by atoms with Crippen LogP contribution in [0.15, 0.2) is 36.9 Å². The minimum absolute atomic E-state index is 0.703. The highest BCUT2D eigenvalue weighted by Crippen LogP contribution is 2.23. The lowest BCUT2D eigenvalue weighted by atomic mass is 10.1. The number of hydrogen-bond acceptors (Lipinski definition) is 5. The van der Waals surface area contributed by atoms with E-state index in [1.165, 1.54) is 59.8 Å². The van der Waals surface area contributed by atoms with Crippen molar-refractivity contribution < 1.29 is 4.90 Å². The summed E-state index contributed by atoms with van der Waals surface area (Å²) in [6, 6.07) is 8.81. The number of rotatable bonds is 8. The Kier molecular flexibility index (Phi) is 6.82. The lowest BCUT2D eigenvalue weighted by Crippen LogP contribution is -3.07. The molecule has 7 heteroatoms. The number of nitrogens with one attached hydrogen (secondary N) is 2. The maximum absolute atomic E-state index is 5.47. The monoisotopic (exact) mass is 390 g/mol. The number of hydrogen-bond donors (Lipinski definition) is 2. The molecule has 0 saturated carbocycles. The fourth-order valence-electron chi connectivity index (χ4n) is 3.38. The Morgan fingerprint density at radius 1 is 1.31 bits per heavy atom. The van der Waals surface area contributed by atoms with Crippen LogP contribution >= 0.6 is 23.6 Å². The molecule has 1 saturated heterocycles. The van der Waals surface area contributed by atoms with Crippen molar-refractivity contribution in [3.8, 4) is 0 Å². The zero-order chi connectivity index (χ0) is 18.4. The van der Waals surface area contributed by atoms with Gasteiger partial charge >= 0.3 is 0 Å². The van der Waals surface area contributed by atoms with Crippen LogP contribution in [0.4, 0.5) is 10.8 Å². The first-order chi connectivity index (χ1) is 12.7. The molecule has 1 atom stereocenters. The van der Waals surface area contributed by atoms with Gasteiger partial charge in [0.15, 0.2) is 10.6 Å². The normalized spacial score (nSPS) is 15.7. The quantitative estimate of drug-likeness (QED) is 0.537. The summed E-state index contributed by atoms with van der Waals surface area (Å²) in [5.74, 6) is 0. The van der Waals surface area contributed by atoms with Gasteiger partial charge in [-0.2, -0.15) is 4.68 Å². The van der Waals surface area contributed by atoms with Crippen LogP contribution in [0.1, 0.15) is 24.8 Å². The van der Waals surface area contributed by atoms with Crippen molar-refractivity contribution in [1.82, 2.24) is 9.78 Å². The van der Waals surface area contributed by atoms with E-state index in [4.69, 9.17) is 12.2 Å². The second-order valence-corrected chi connectivity index (χ2v) is 8.43. The molecule has 0 radical (unpaired) electrons. The summed E-state index contributed by atoms with van der Waals surface area (Å²) >= 11 is 6.98. The molecule has 0 aliphatic carbocycles. The molecular weight excluding hydrogens is 362 g/mol. The van der Waals surface area contributed by atoms with E-state index in [0.717, 1.165) is 22.3 Å². The van der Waals surface area contributed by atoms with Crippen LogP contribution in [0.3, 0.4) is 0 Å². The van der Waals surface area contributed by atoms with Gasteiger partial charge in [-0.05, 0) is 37.5 Å². The van der Waals surface area contributed by atoms with Gasteiger partial charge in [-0.3, -0.25) is 0 Å².